The second kappa shape index (κ2) is 10.2. The minimum absolute atomic E-state index is 0.00353. The summed E-state index contributed by atoms with van der Waals surface area (Å²) in [7, 11) is 1.48. The number of hydrogen-bond donors (Lipinski definition) is 0. The molecule has 2 rings (SSSR count). The van der Waals surface area contributed by atoms with Crippen molar-refractivity contribution >= 4 is 11.9 Å². The maximum Gasteiger partial charge on any atom is 0.338 e. The third kappa shape index (κ3) is 6.37. The summed E-state index contributed by atoms with van der Waals surface area (Å²) in [4.78, 5) is 23.9. The van der Waals surface area contributed by atoms with Gasteiger partial charge in [0.25, 0.3) is 0 Å². The largest absolute Gasteiger partial charge is 0.459 e. The van der Waals surface area contributed by atoms with Gasteiger partial charge in [0.05, 0.1) is 11.1 Å². The molecule has 0 saturated carbocycles. The standard InChI is InChI=1S/C19H20O6/c1-22-14-25-17(12-23-18(20)15-8-4-2-5-9-15)13-24-19(21)16-10-6-3-7-11-16/h2-11,17H,12-14H2,1H3. The van der Waals surface area contributed by atoms with Crippen molar-refractivity contribution in [1.82, 2.24) is 0 Å². The molecule has 0 spiro atoms. The van der Waals surface area contributed by atoms with E-state index in [0.717, 1.165) is 0 Å². The number of benzene rings is 2. The van der Waals surface area contributed by atoms with Gasteiger partial charge in [-0.25, -0.2) is 9.59 Å². The van der Waals surface area contributed by atoms with E-state index in [1.807, 2.05) is 12.1 Å². The molecule has 6 nitrogen and oxygen atoms in total. The van der Waals surface area contributed by atoms with Gasteiger partial charge >= 0.3 is 11.9 Å². The lowest BCUT2D eigenvalue weighted by Gasteiger charge is -2.17. The van der Waals surface area contributed by atoms with Gasteiger partial charge in [-0.05, 0) is 24.3 Å². The summed E-state index contributed by atoms with van der Waals surface area (Å²) in [5.41, 5.74) is 0.878. The Labute approximate surface area is 146 Å². The Hall–Kier alpha value is -2.70. The fourth-order valence-corrected chi connectivity index (χ4v) is 1.96. The first-order valence-corrected chi connectivity index (χ1v) is 7.75. The maximum atomic E-state index is 12.0. The summed E-state index contributed by atoms with van der Waals surface area (Å²) in [5.74, 6) is -0.943. The van der Waals surface area contributed by atoms with Gasteiger partial charge in [-0.1, -0.05) is 36.4 Å². The predicted octanol–water partition coefficient (Wildman–Crippen LogP) is 2.69. The van der Waals surface area contributed by atoms with Crippen molar-refractivity contribution in [2.24, 2.45) is 0 Å². The van der Waals surface area contributed by atoms with Crippen LogP contribution in [0.3, 0.4) is 0 Å². The van der Waals surface area contributed by atoms with Crippen LogP contribution in [0.1, 0.15) is 20.7 Å². The Morgan fingerprint density at radius 3 is 1.64 bits per heavy atom. The highest BCUT2D eigenvalue weighted by Gasteiger charge is 2.17. The molecule has 6 heteroatoms. The van der Waals surface area contributed by atoms with Crippen LogP contribution in [0.15, 0.2) is 60.7 Å². The Morgan fingerprint density at radius 1 is 0.800 bits per heavy atom. The highest BCUT2D eigenvalue weighted by molar-refractivity contribution is 5.89. The predicted molar refractivity (Wildman–Crippen MR) is 90.2 cm³/mol. The van der Waals surface area contributed by atoms with Crippen LogP contribution < -0.4 is 0 Å². The normalized spacial score (nSPS) is 10.5. The van der Waals surface area contributed by atoms with Gasteiger partial charge in [0, 0.05) is 7.11 Å². The van der Waals surface area contributed by atoms with E-state index >= 15 is 0 Å². The van der Waals surface area contributed by atoms with E-state index in [9.17, 15) is 9.59 Å². The summed E-state index contributed by atoms with van der Waals surface area (Å²) in [6.07, 6.45) is -0.625. The smallest absolute Gasteiger partial charge is 0.338 e. The molecule has 2 aromatic rings. The van der Waals surface area contributed by atoms with Gasteiger partial charge in [0.1, 0.15) is 26.1 Å². The summed E-state index contributed by atoms with van der Waals surface area (Å²) in [5, 5.41) is 0. The molecule has 0 fully saturated rings. The van der Waals surface area contributed by atoms with Gasteiger partial charge in [-0.2, -0.15) is 0 Å². The van der Waals surface area contributed by atoms with E-state index in [-0.39, 0.29) is 20.0 Å². The van der Waals surface area contributed by atoms with Gasteiger partial charge in [0.15, 0.2) is 0 Å². The van der Waals surface area contributed by atoms with Crippen LogP contribution in [0.4, 0.5) is 0 Å². The second-order valence-corrected chi connectivity index (χ2v) is 5.12. The molecule has 2 aromatic carbocycles. The maximum absolute atomic E-state index is 12.0. The molecule has 0 bridgehead atoms. The Balaban J connectivity index is 1.85. The van der Waals surface area contributed by atoms with E-state index in [1.165, 1.54) is 7.11 Å². The van der Waals surface area contributed by atoms with Crippen LogP contribution in [0.25, 0.3) is 0 Å². The molecule has 0 radical (unpaired) electrons. The molecular formula is C19H20O6. The minimum Gasteiger partial charge on any atom is -0.459 e. The Bertz CT molecular complexity index is 601. The second-order valence-electron chi connectivity index (χ2n) is 5.12. The monoisotopic (exact) mass is 344 g/mol. The molecule has 0 aliphatic rings. The average Bonchev–Trinajstić information content (AvgIpc) is 2.68. The van der Waals surface area contributed by atoms with Crippen molar-refractivity contribution in [2.45, 2.75) is 6.10 Å². The van der Waals surface area contributed by atoms with Crippen molar-refractivity contribution in [3.8, 4) is 0 Å². The Kier molecular flexibility index (Phi) is 7.62. The zero-order valence-corrected chi connectivity index (χ0v) is 13.9. The number of methoxy groups -OCH3 is 1. The van der Waals surface area contributed by atoms with Crippen LogP contribution in [0.2, 0.25) is 0 Å². The van der Waals surface area contributed by atoms with E-state index in [2.05, 4.69) is 0 Å². The molecule has 0 aliphatic carbocycles. The number of carbonyl (C=O) groups is 2. The van der Waals surface area contributed by atoms with Gasteiger partial charge in [-0.15, -0.1) is 0 Å². The van der Waals surface area contributed by atoms with Crippen molar-refractivity contribution in [3.63, 3.8) is 0 Å². The van der Waals surface area contributed by atoms with Gasteiger partial charge in [0.2, 0.25) is 0 Å². The summed E-state index contributed by atoms with van der Waals surface area (Å²) in [6, 6.07) is 17.2. The van der Waals surface area contributed by atoms with E-state index in [1.54, 1.807) is 48.5 Å². The summed E-state index contributed by atoms with van der Waals surface area (Å²) < 4.78 is 20.7. The third-order valence-corrected chi connectivity index (χ3v) is 3.24. The lowest BCUT2D eigenvalue weighted by atomic mass is 10.2. The lowest BCUT2D eigenvalue weighted by Crippen LogP contribution is -2.29. The van der Waals surface area contributed by atoms with Gasteiger partial charge < -0.3 is 18.9 Å². The molecule has 0 N–H and O–H groups in total. The van der Waals surface area contributed by atoms with Crippen LogP contribution in [0, 0.1) is 0 Å². The number of esters is 2. The molecule has 25 heavy (non-hydrogen) atoms. The molecule has 132 valence electrons. The first kappa shape index (κ1) is 18.6. The van der Waals surface area contributed by atoms with Crippen LogP contribution in [-0.4, -0.2) is 45.2 Å². The van der Waals surface area contributed by atoms with Gasteiger partial charge in [-0.3, -0.25) is 0 Å². The van der Waals surface area contributed by atoms with E-state index < -0.39 is 18.0 Å². The third-order valence-electron chi connectivity index (χ3n) is 3.24. The van der Waals surface area contributed by atoms with Crippen molar-refractivity contribution in [1.29, 1.82) is 0 Å². The molecule has 0 aromatic heterocycles. The van der Waals surface area contributed by atoms with Crippen LogP contribution >= 0.6 is 0 Å². The molecule has 0 heterocycles. The molecule has 0 saturated heterocycles. The van der Waals surface area contributed by atoms with Crippen LogP contribution in [-0.2, 0) is 18.9 Å². The number of rotatable bonds is 9. The molecule has 0 aliphatic heterocycles. The zero-order valence-electron chi connectivity index (χ0n) is 13.9. The number of carbonyl (C=O) groups excluding carboxylic acids is 2. The quantitative estimate of drug-likeness (QED) is 0.514. The van der Waals surface area contributed by atoms with Crippen molar-refractivity contribution < 1.29 is 28.5 Å². The van der Waals surface area contributed by atoms with Crippen LogP contribution in [0.5, 0.6) is 0 Å². The topological polar surface area (TPSA) is 71.1 Å². The Morgan fingerprint density at radius 2 is 1.24 bits per heavy atom. The lowest BCUT2D eigenvalue weighted by molar-refractivity contribution is -0.106. The molecular weight excluding hydrogens is 324 g/mol. The fraction of sp³-hybridized carbons (Fsp3) is 0.263. The first-order valence-electron chi connectivity index (χ1n) is 7.75. The molecule has 0 atom stereocenters. The summed E-state index contributed by atoms with van der Waals surface area (Å²) in [6.45, 7) is -0.116. The molecule has 0 amide bonds. The highest BCUT2D eigenvalue weighted by Crippen LogP contribution is 2.06. The fourth-order valence-electron chi connectivity index (χ4n) is 1.96. The number of hydrogen-bond acceptors (Lipinski definition) is 6. The van der Waals surface area contributed by atoms with E-state index in [4.69, 9.17) is 18.9 Å². The minimum atomic E-state index is -0.625. The van der Waals surface area contributed by atoms with E-state index in [0.29, 0.717) is 11.1 Å². The first-order chi connectivity index (χ1) is 12.2. The van der Waals surface area contributed by atoms with Crippen molar-refractivity contribution in [2.75, 3.05) is 27.1 Å². The average molecular weight is 344 g/mol. The summed E-state index contributed by atoms with van der Waals surface area (Å²) >= 11 is 0. The molecule has 0 unspecified atom stereocenters. The number of ether oxygens (including phenoxy) is 4. The SMILES string of the molecule is COCOC(COC(=O)c1ccccc1)COC(=O)c1ccccc1. The highest BCUT2D eigenvalue weighted by atomic mass is 16.7. The zero-order chi connectivity index (χ0) is 17.9. The van der Waals surface area contributed by atoms with Crippen molar-refractivity contribution in [3.05, 3.63) is 71.8 Å².